The smallest absolute Gasteiger partial charge is 0.282 e. The van der Waals surface area contributed by atoms with E-state index in [0.29, 0.717) is 6.54 Å². The third-order valence-electron chi connectivity index (χ3n) is 2.98. The van der Waals surface area contributed by atoms with Crippen LogP contribution in [0.3, 0.4) is 0 Å². The molecule has 2 rings (SSSR count). The van der Waals surface area contributed by atoms with Gasteiger partial charge in [-0.25, -0.2) is 0 Å². The predicted molar refractivity (Wildman–Crippen MR) is 66.5 cm³/mol. The fourth-order valence-electron chi connectivity index (χ4n) is 2.06. The van der Waals surface area contributed by atoms with Crippen LogP contribution in [0.15, 0.2) is 24.3 Å². The zero-order valence-electron chi connectivity index (χ0n) is 9.89. The lowest BCUT2D eigenvalue weighted by Gasteiger charge is -2.23. The quantitative estimate of drug-likeness (QED) is 0.620. The first kappa shape index (κ1) is 12.5. The molecule has 0 aliphatic carbocycles. The Labute approximate surface area is 105 Å². The lowest BCUT2D eigenvalue weighted by molar-refractivity contribution is -0.385. The summed E-state index contributed by atoms with van der Waals surface area (Å²) in [4.78, 5) is 22.3. The van der Waals surface area contributed by atoms with Gasteiger partial charge >= 0.3 is 0 Å². The molecule has 1 saturated heterocycles. The van der Waals surface area contributed by atoms with Crippen LogP contribution in [0, 0.1) is 10.1 Å². The number of rotatable bonds is 3. The number of nitro benzene ring substituents is 1. The second-order valence-electron chi connectivity index (χ2n) is 4.29. The Morgan fingerprint density at radius 2 is 2.22 bits per heavy atom. The van der Waals surface area contributed by atoms with Crippen molar-refractivity contribution >= 4 is 11.6 Å². The fourth-order valence-corrected chi connectivity index (χ4v) is 2.06. The maximum atomic E-state index is 12.0. The van der Waals surface area contributed by atoms with Crippen LogP contribution in [0.2, 0.25) is 0 Å². The summed E-state index contributed by atoms with van der Waals surface area (Å²) in [6.45, 7) is 1.67. The zero-order valence-corrected chi connectivity index (χ0v) is 9.89. The number of hydrogen-bond acceptors (Lipinski definition) is 4. The molecule has 0 bridgehead atoms. The van der Waals surface area contributed by atoms with E-state index in [1.165, 1.54) is 12.1 Å². The summed E-state index contributed by atoms with van der Waals surface area (Å²) in [6, 6.07) is 6.04. The van der Waals surface area contributed by atoms with Crippen LogP contribution in [0.25, 0.3) is 0 Å². The Kier molecular flexibility index (Phi) is 3.88. The first-order chi connectivity index (χ1) is 8.68. The number of benzene rings is 1. The number of para-hydroxylation sites is 1. The Morgan fingerprint density at radius 1 is 1.44 bits per heavy atom. The second kappa shape index (κ2) is 5.59. The highest BCUT2D eigenvalue weighted by atomic mass is 16.6. The van der Waals surface area contributed by atoms with Crippen molar-refractivity contribution in [2.24, 2.45) is 0 Å². The van der Waals surface area contributed by atoms with Crippen LogP contribution >= 0.6 is 0 Å². The molecule has 1 fully saturated rings. The SMILES string of the molecule is O=C(N[C@H]1CCCNC1)c1ccccc1[N+](=O)[O-]. The maximum Gasteiger partial charge on any atom is 0.282 e. The Bertz CT molecular complexity index is 456. The molecule has 1 aliphatic rings. The zero-order chi connectivity index (χ0) is 13.0. The molecular weight excluding hydrogens is 234 g/mol. The van der Waals surface area contributed by atoms with Gasteiger partial charge in [0, 0.05) is 18.7 Å². The molecule has 1 aromatic carbocycles. The van der Waals surface area contributed by atoms with Gasteiger partial charge in [0.15, 0.2) is 0 Å². The molecule has 6 nitrogen and oxygen atoms in total. The van der Waals surface area contributed by atoms with Crippen molar-refractivity contribution in [2.45, 2.75) is 18.9 Å². The lowest BCUT2D eigenvalue weighted by atomic mass is 10.1. The van der Waals surface area contributed by atoms with E-state index in [4.69, 9.17) is 0 Å². The average molecular weight is 249 g/mol. The highest BCUT2D eigenvalue weighted by Crippen LogP contribution is 2.17. The molecule has 1 heterocycles. The molecule has 18 heavy (non-hydrogen) atoms. The number of carbonyl (C=O) groups excluding carboxylic acids is 1. The minimum Gasteiger partial charge on any atom is -0.348 e. The monoisotopic (exact) mass is 249 g/mol. The van der Waals surface area contributed by atoms with Gasteiger partial charge in [0.1, 0.15) is 5.56 Å². The van der Waals surface area contributed by atoms with Crippen molar-refractivity contribution in [1.29, 1.82) is 0 Å². The standard InChI is InChI=1S/C12H15N3O3/c16-12(14-9-4-3-7-13-8-9)10-5-1-2-6-11(10)15(17)18/h1-2,5-6,9,13H,3-4,7-8H2,(H,14,16)/t9-/m0/s1. The summed E-state index contributed by atoms with van der Waals surface area (Å²) < 4.78 is 0. The van der Waals surface area contributed by atoms with Gasteiger partial charge in [-0.1, -0.05) is 12.1 Å². The van der Waals surface area contributed by atoms with E-state index in [0.717, 1.165) is 19.4 Å². The largest absolute Gasteiger partial charge is 0.348 e. The molecule has 0 radical (unpaired) electrons. The molecule has 2 N–H and O–H groups in total. The van der Waals surface area contributed by atoms with E-state index in [9.17, 15) is 14.9 Å². The first-order valence-corrected chi connectivity index (χ1v) is 5.93. The minimum atomic E-state index is -0.534. The molecule has 96 valence electrons. The van der Waals surface area contributed by atoms with Gasteiger partial charge in [-0.3, -0.25) is 14.9 Å². The van der Waals surface area contributed by atoms with Gasteiger partial charge in [0.25, 0.3) is 11.6 Å². The van der Waals surface area contributed by atoms with Crippen molar-refractivity contribution in [1.82, 2.24) is 10.6 Å². The summed E-state index contributed by atoms with van der Waals surface area (Å²) in [5, 5.41) is 16.8. The van der Waals surface area contributed by atoms with Crippen molar-refractivity contribution < 1.29 is 9.72 Å². The number of carbonyl (C=O) groups is 1. The van der Waals surface area contributed by atoms with Gasteiger partial charge in [-0.05, 0) is 25.5 Å². The normalized spacial score (nSPS) is 19.2. The Balaban J connectivity index is 2.10. The van der Waals surface area contributed by atoms with Crippen LogP contribution in [0.5, 0.6) is 0 Å². The molecule has 0 aromatic heterocycles. The highest BCUT2D eigenvalue weighted by Gasteiger charge is 2.22. The summed E-state index contributed by atoms with van der Waals surface area (Å²) in [5.41, 5.74) is -0.0353. The fraction of sp³-hybridized carbons (Fsp3) is 0.417. The molecule has 1 aliphatic heterocycles. The van der Waals surface area contributed by atoms with Crippen molar-refractivity contribution in [3.63, 3.8) is 0 Å². The van der Waals surface area contributed by atoms with Crippen molar-refractivity contribution in [2.75, 3.05) is 13.1 Å². The number of amides is 1. The summed E-state index contributed by atoms with van der Waals surface area (Å²) in [5.74, 6) is -0.379. The van der Waals surface area contributed by atoms with E-state index in [2.05, 4.69) is 10.6 Å². The Hall–Kier alpha value is -1.95. The van der Waals surface area contributed by atoms with E-state index < -0.39 is 4.92 Å². The molecule has 0 saturated carbocycles. The van der Waals surface area contributed by atoms with E-state index >= 15 is 0 Å². The molecule has 1 atom stereocenters. The minimum absolute atomic E-state index is 0.0473. The van der Waals surface area contributed by atoms with E-state index in [1.807, 2.05) is 0 Å². The van der Waals surface area contributed by atoms with Gasteiger partial charge < -0.3 is 10.6 Å². The Morgan fingerprint density at radius 3 is 2.89 bits per heavy atom. The topological polar surface area (TPSA) is 84.3 Å². The lowest BCUT2D eigenvalue weighted by Crippen LogP contribution is -2.45. The van der Waals surface area contributed by atoms with E-state index in [1.54, 1.807) is 12.1 Å². The molecular formula is C12H15N3O3. The van der Waals surface area contributed by atoms with Crippen molar-refractivity contribution in [3.05, 3.63) is 39.9 Å². The van der Waals surface area contributed by atoms with Gasteiger partial charge in [0.2, 0.25) is 0 Å². The van der Waals surface area contributed by atoms with Gasteiger partial charge in [-0.15, -0.1) is 0 Å². The van der Waals surface area contributed by atoms with Crippen LogP contribution in [0.4, 0.5) is 5.69 Å². The molecule has 1 aromatic rings. The van der Waals surface area contributed by atoms with Crippen LogP contribution < -0.4 is 10.6 Å². The van der Waals surface area contributed by atoms with Gasteiger partial charge in [-0.2, -0.15) is 0 Å². The van der Waals surface area contributed by atoms with Crippen LogP contribution in [-0.2, 0) is 0 Å². The van der Waals surface area contributed by atoms with Crippen molar-refractivity contribution in [3.8, 4) is 0 Å². The molecule has 0 unspecified atom stereocenters. The molecule has 0 spiro atoms. The molecule has 1 amide bonds. The summed E-state index contributed by atoms with van der Waals surface area (Å²) in [7, 11) is 0. The highest BCUT2D eigenvalue weighted by molar-refractivity contribution is 5.98. The van der Waals surface area contributed by atoms with Crippen LogP contribution in [0.1, 0.15) is 23.2 Å². The van der Waals surface area contributed by atoms with Gasteiger partial charge in [0.05, 0.1) is 4.92 Å². The number of nitrogens with one attached hydrogen (secondary N) is 2. The average Bonchev–Trinajstić information content (AvgIpc) is 2.40. The number of piperidine rings is 1. The number of nitro groups is 1. The number of hydrogen-bond donors (Lipinski definition) is 2. The second-order valence-corrected chi connectivity index (χ2v) is 4.29. The molecule has 6 heteroatoms. The first-order valence-electron chi connectivity index (χ1n) is 5.93. The third kappa shape index (κ3) is 2.84. The summed E-state index contributed by atoms with van der Waals surface area (Å²) in [6.07, 6.45) is 1.90. The number of nitrogens with zero attached hydrogens (tertiary/aromatic N) is 1. The van der Waals surface area contributed by atoms with Crippen LogP contribution in [-0.4, -0.2) is 30.0 Å². The predicted octanol–water partition coefficient (Wildman–Crippen LogP) is 1.08. The summed E-state index contributed by atoms with van der Waals surface area (Å²) >= 11 is 0. The maximum absolute atomic E-state index is 12.0. The third-order valence-corrected chi connectivity index (χ3v) is 2.98. The van der Waals surface area contributed by atoms with E-state index in [-0.39, 0.29) is 23.2 Å².